The second-order valence-electron chi connectivity index (χ2n) is 6.71. The topological polar surface area (TPSA) is 123 Å². The summed E-state index contributed by atoms with van der Waals surface area (Å²) in [5.74, 6) is -1.12. The van der Waals surface area contributed by atoms with Crippen molar-refractivity contribution in [2.75, 3.05) is 32.8 Å². The third-order valence-corrected chi connectivity index (χ3v) is 6.46. The molecule has 0 saturated carbocycles. The predicted octanol–water partition coefficient (Wildman–Crippen LogP) is 2.08. The van der Waals surface area contributed by atoms with Crippen molar-refractivity contribution in [1.82, 2.24) is 14.2 Å². The van der Waals surface area contributed by atoms with Gasteiger partial charge >= 0.3 is 6.18 Å². The molecule has 0 aliphatic carbocycles. The highest BCUT2D eigenvalue weighted by Crippen LogP contribution is 2.24. The van der Waals surface area contributed by atoms with E-state index in [4.69, 9.17) is 0 Å². The van der Waals surface area contributed by atoms with Crippen LogP contribution < -0.4 is 4.74 Å². The minimum Gasteiger partial charge on any atom is -0.467 e. The van der Waals surface area contributed by atoms with Gasteiger partial charge < -0.3 is 9.64 Å². The van der Waals surface area contributed by atoms with Crippen LogP contribution in [0.3, 0.4) is 0 Å². The van der Waals surface area contributed by atoms with Gasteiger partial charge in [-0.3, -0.25) is 14.9 Å². The first kappa shape index (κ1) is 23.4. The van der Waals surface area contributed by atoms with E-state index in [-0.39, 0.29) is 42.3 Å². The molecule has 1 aromatic carbocycles. The Kier molecular flexibility index (Phi) is 6.64. The lowest BCUT2D eigenvalue weighted by Gasteiger charge is -2.34. The second-order valence-corrected chi connectivity index (χ2v) is 8.65. The molecule has 2 aromatic rings. The van der Waals surface area contributed by atoms with Crippen LogP contribution in [0.4, 0.5) is 18.9 Å². The number of rotatable bonds is 6. The maximum absolute atomic E-state index is 12.8. The number of piperazine rings is 1. The molecular formula is C18H17F3N4O6S. The number of ether oxygens (including phenoxy) is 1. The van der Waals surface area contributed by atoms with Gasteiger partial charge in [-0.15, -0.1) is 0 Å². The molecule has 172 valence electrons. The predicted molar refractivity (Wildman–Crippen MR) is 104 cm³/mol. The summed E-state index contributed by atoms with van der Waals surface area (Å²) >= 11 is 0. The summed E-state index contributed by atoms with van der Waals surface area (Å²) in [6, 6.07) is 7.26. The van der Waals surface area contributed by atoms with Crippen molar-refractivity contribution < 1.29 is 36.0 Å². The third-order valence-electron chi connectivity index (χ3n) is 4.57. The Morgan fingerprint density at radius 2 is 1.84 bits per heavy atom. The number of hydrogen-bond acceptors (Lipinski definition) is 7. The van der Waals surface area contributed by atoms with Gasteiger partial charge in [0.15, 0.2) is 6.61 Å². The number of pyridine rings is 1. The SMILES string of the molecule is O=C(c1cccnc1OCC(F)(F)F)N1CCN(S(=O)(=O)c2cccc([N+](=O)[O-])c2)CC1. The lowest BCUT2D eigenvalue weighted by atomic mass is 10.2. The van der Waals surface area contributed by atoms with Crippen molar-refractivity contribution >= 4 is 21.6 Å². The number of carbonyl (C=O) groups excluding carboxylic acids is 1. The van der Waals surface area contributed by atoms with Crippen LogP contribution in [0.15, 0.2) is 47.5 Å². The minimum atomic E-state index is -4.61. The smallest absolute Gasteiger partial charge is 0.422 e. The average Bonchev–Trinajstić information content (AvgIpc) is 2.77. The number of nitro groups is 1. The number of benzene rings is 1. The van der Waals surface area contributed by atoms with E-state index < -0.39 is 39.5 Å². The van der Waals surface area contributed by atoms with Gasteiger partial charge in [-0.05, 0) is 18.2 Å². The standard InChI is InChI=1S/C18H17F3N4O6S/c19-18(20,21)12-31-16-15(5-2-6-22-16)17(26)23-7-9-24(10-8-23)32(29,30)14-4-1-3-13(11-14)25(27)28/h1-6,11H,7-10,12H2. The number of sulfonamides is 1. The number of carbonyl (C=O) groups is 1. The molecule has 0 spiro atoms. The molecule has 1 aliphatic heterocycles. The zero-order valence-corrected chi connectivity index (χ0v) is 17.2. The highest BCUT2D eigenvalue weighted by Gasteiger charge is 2.33. The summed E-state index contributed by atoms with van der Waals surface area (Å²) in [5, 5.41) is 10.9. The van der Waals surface area contributed by atoms with Crippen LogP contribution in [0.5, 0.6) is 5.88 Å². The third kappa shape index (κ3) is 5.31. The molecule has 1 aliphatic rings. The first-order valence-corrected chi connectivity index (χ1v) is 10.6. The lowest BCUT2D eigenvalue weighted by Crippen LogP contribution is -2.50. The van der Waals surface area contributed by atoms with E-state index in [0.717, 1.165) is 10.4 Å². The fourth-order valence-corrected chi connectivity index (χ4v) is 4.49. The molecule has 2 heterocycles. The van der Waals surface area contributed by atoms with Gasteiger partial charge in [0, 0.05) is 44.5 Å². The number of nitrogens with zero attached hydrogens (tertiary/aromatic N) is 4. The summed E-state index contributed by atoms with van der Waals surface area (Å²) in [6.45, 7) is -1.90. The van der Waals surface area contributed by atoms with E-state index in [1.807, 2.05) is 0 Å². The van der Waals surface area contributed by atoms with Crippen LogP contribution >= 0.6 is 0 Å². The molecule has 0 atom stereocenters. The van der Waals surface area contributed by atoms with E-state index in [1.54, 1.807) is 0 Å². The van der Waals surface area contributed by atoms with Crippen molar-refractivity contribution in [3.05, 3.63) is 58.3 Å². The van der Waals surface area contributed by atoms with E-state index in [1.165, 1.54) is 41.4 Å². The van der Waals surface area contributed by atoms with Crippen molar-refractivity contribution in [3.63, 3.8) is 0 Å². The first-order chi connectivity index (χ1) is 15.0. The van der Waals surface area contributed by atoms with Crippen LogP contribution in [0, 0.1) is 10.1 Å². The molecule has 1 aromatic heterocycles. The highest BCUT2D eigenvalue weighted by molar-refractivity contribution is 7.89. The average molecular weight is 474 g/mol. The van der Waals surface area contributed by atoms with E-state index in [2.05, 4.69) is 9.72 Å². The van der Waals surface area contributed by atoms with Crippen LogP contribution in [-0.4, -0.2) is 72.4 Å². The van der Waals surface area contributed by atoms with Gasteiger partial charge in [-0.2, -0.15) is 17.5 Å². The van der Waals surface area contributed by atoms with E-state index >= 15 is 0 Å². The number of non-ortho nitro benzene ring substituents is 1. The normalized spacial score (nSPS) is 15.4. The van der Waals surface area contributed by atoms with Crippen molar-refractivity contribution in [1.29, 1.82) is 0 Å². The van der Waals surface area contributed by atoms with Gasteiger partial charge in [-0.25, -0.2) is 13.4 Å². The number of aromatic nitrogens is 1. The lowest BCUT2D eigenvalue weighted by molar-refractivity contribution is -0.385. The number of alkyl halides is 3. The number of hydrogen-bond donors (Lipinski definition) is 0. The van der Waals surface area contributed by atoms with Gasteiger partial charge in [0.05, 0.1) is 9.82 Å². The molecular weight excluding hydrogens is 457 g/mol. The maximum atomic E-state index is 12.8. The Balaban J connectivity index is 1.70. The fourth-order valence-electron chi connectivity index (χ4n) is 3.03. The Hall–Kier alpha value is -3.26. The minimum absolute atomic E-state index is 0.0411. The molecule has 3 rings (SSSR count). The first-order valence-electron chi connectivity index (χ1n) is 9.17. The van der Waals surface area contributed by atoms with Crippen molar-refractivity contribution in [3.8, 4) is 5.88 Å². The fraction of sp³-hybridized carbons (Fsp3) is 0.333. The molecule has 0 N–H and O–H groups in total. The quantitative estimate of drug-likeness (QED) is 0.464. The van der Waals surface area contributed by atoms with Gasteiger partial charge in [0.1, 0.15) is 5.56 Å². The number of amides is 1. The van der Waals surface area contributed by atoms with Gasteiger partial charge in [0.2, 0.25) is 15.9 Å². The molecule has 1 fully saturated rings. The Morgan fingerprint density at radius 1 is 1.16 bits per heavy atom. The van der Waals surface area contributed by atoms with Crippen molar-refractivity contribution in [2.24, 2.45) is 0 Å². The zero-order valence-electron chi connectivity index (χ0n) is 16.4. The number of nitro benzene ring substituents is 1. The summed E-state index contributed by atoms with van der Waals surface area (Å²) < 4.78 is 68.7. The summed E-state index contributed by atoms with van der Waals surface area (Å²) in [4.78, 5) is 27.7. The van der Waals surface area contributed by atoms with Gasteiger partial charge in [-0.1, -0.05) is 6.07 Å². The van der Waals surface area contributed by atoms with Crippen LogP contribution in [0.25, 0.3) is 0 Å². The molecule has 1 amide bonds. The molecule has 0 radical (unpaired) electrons. The van der Waals surface area contributed by atoms with Crippen molar-refractivity contribution in [2.45, 2.75) is 11.1 Å². The largest absolute Gasteiger partial charge is 0.467 e. The molecule has 1 saturated heterocycles. The number of halogens is 3. The van der Waals surface area contributed by atoms with E-state index in [9.17, 15) is 36.5 Å². The van der Waals surface area contributed by atoms with Gasteiger partial charge in [0.25, 0.3) is 11.6 Å². The molecule has 10 nitrogen and oxygen atoms in total. The summed E-state index contributed by atoms with van der Waals surface area (Å²) in [5.41, 5.74) is -0.547. The monoisotopic (exact) mass is 474 g/mol. The summed E-state index contributed by atoms with van der Waals surface area (Å²) in [6.07, 6.45) is -3.42. The molecule has 32 heavy (non-hydrogen) atoms. The Labute approximate surface area is 180 Å². The Morgan fingerprint density at radius 3 is 2.47 bits per heavy atom. The maximum Gasteiger partial charge on any atom is 0.422 e. The van der Waals surface area contributed by atoms with Crippen LogP contribution in [0.1, 0.15) is 10.4 Å². The second kappa shape index (κ2) is 9.08. The van der Waals surface area contributed by atoms with E-state index in [0.29, 0.717) is 0 Å². The Bertz CT molecular complexity index is 1120. The highest BCUT2D eigenvalue weighted by atomic mass is 32.2. The summed E-state index contributed by atoms with van der Waals surface area (Å²) in [7, 11) is -4.04. The molecule has 0 unspecified atom stereocenters. The molecule has 0 bridgehead atoms. The van der Waals surface area contributed by atoms with Crippen LogP contribution in [0.2, 0.25) is 0 Å². The van der Waals surface area contributed by atoms with Crippen LogP contribution in [-0.2, 0) is 10.0 Å². The zero-order chi connectivity index (χ0) is 23.5. The molecule has 14 heteroatoms.